The largest absolute Gasteiger partial charge is 0.493 e. The second-order valence-corrected chi connectivity index (χ2v) is 6.35. The van der Waals surface area contributed by atoms with Crippen molar-refractivity contribution < 1.29 is 14.3 Å². The Labute approximate surface area is 148 Å². The fourth-order valence-electron chi connectivity index (χ4n) is 3.17. The summed E-state index contributed by atoms with van der Waals surface area (Å²) < 4.78 is 5.91. The van der Waals surface area contributed by atoms with Crippen molar-refractivity contribution in [1.82, 2.24) is 0 Å². The molecule has 0 unspecified atom stereocenters. The van der Waals surface area contributed by atoms with Crippen LogP contribution in [0.2, 0.25) is 0 Å². The van der Waals surface area contributed by atoms with Gasteiger partial charge in [0.15, 0.2) is 0 Å². The van der Waals surface area contributed by atoms with Crippen molar-refractivity contribution in [2.75, 3.05) is 11.5 Å². The van der Waals surface area contributed by atoms with Gasteiger partial charge in [0.05, 0.1) is 24.4 Å². The molecule has 0 fully saturated rings. The molecule has 0 spiro atoms. The summed E-state index contributed by atoms with van der Waals surface area (Å²) in [5, 5.41) is 0. The number of carbonyl (C=O) groups is 2. The lowest BCUT2D eigenvalue weighted by Gasteiger charge is -2.20. The van der Waals surface area contributed by atoms with E-state index in [9.17, 15) is 9.59 Å². The van der Waals surface area contributed by atoms with E-state index in [2.05, 4.69) is 6.92 Å². The molecular formula is C21H23NO3. The van der Waals surface area contributed by atoms with Gasteiger partial charge in [-0.1, -0.05) is 50.1 Å². The maximum Gasteiger partial charge on any atom is 0.299 e. The Bertz CT molecular complexity index is 797. The molecule has 4 heteroatoms. The minimum atomic E-state index is -0.468. The number of amides is 1. The number of anilines is 1. The smallest absolute Gasteiger partial charge is 0.299 e. The number of benzene rings is 2. The molecule has 0 radical (unpaired) electrons. The Kier molecular flexibility index (Phi) is 5.17. The number of nitrogens with zero attached hydrogens (tertiary/aromatic N) is 1. The maximum absolute atomic E-state index is 12.5. The number of ketones is 1. The Morgan fingerprint density at radius 1 is 1.00 bits per heavy atom. The van der Waals surface area contributed by atoms with Crippen molar-refractivity contribution in [3.8, 4) is 5.75 Å². The van der Waals surface area contributed by atoms with Gasteiger partial charge < -0.3 is 4.74 Å². The van der Waals surface area contributed by atoms with E-state index in [1.807, 2.05) is 43.3 Å². The molecule has 4 nitrogen and oxygen atoms in total. The molecule has 25 heavy (non-hydrogen) atoms. The lowest BCUT2D eigenvalue weighted by Crippen LogP contribution is -2.29. The predicted octanol–water partition coefficient (Wildman–Crippen LogP) is 4.29. The average molecular weight is 337 g/mol. The fraction of sp³-hybridized carbons (Fsp3) is 0.333. The van der Waals surface area contributed by atoms with Crippen molar-refractivity contribution in [1.29, 1.82) is 0 Å². The standard InChI is InChI=1S/C21H23NO3/c1-3-4-7-13-25-18-12-6-5-10-16(18)14-22-19-15(2)9-8-11-17(19)20(23)21(22)24/h5-6,8-12H,3-4,7,13-14H2,1-2H3. The van der Waals surface area contributed by atoms with Gasteiger partial charge in [-0.2, -0.15) is 0 Å². The highest BCUT2D eigenvalue weighted by Gasteiger charge is 2.36. The van der Waals surface area contributed by atoms with Gasteiger partial charge in [0.2, 0.25) is 0 Å². The molecule has 0 atom stereocenters. The predicted molar refractivity (Wildman–Crippen MR) is 98.2 cm³/mol. The van der Waals surface area contributed by atoms with Crippen LogP contribution in [0, 0.1) is 6.92 Å². The molecule has 1 amide bonds. The summed E-state index contributed by atoms with van der Waals surface area (Å²) in [5.41, 5.74) is 3.05. The zero-order valence-corrected chi connectivity index (χ0v) is 14.7. The van der Waals surface area contributed by atoms with Crippen LogP contribution in [0.15, 0.2) is 42.5 Å². The van der Waals surface area contributed by atoms with E-state index in [4.69, 9.17) is 4.74 Å². The third-order valence-corrected chi connectivity index (χ3v) is 4.50. The summed E-state index contributed by atoms with van der Waals surface area (Å²) >= 11 is 0. The normalized spacial score (nSPS) is 13.3. The molecule has 0 aliphatic carbocycles. The van der Waals surface area contributed by atoms with Crippen LogP contribution in [-0.2, 0) is 11.3 Å². The summed E-state index contributed by atoms with van der Waals surface area (Å²) in [5.74, 6) is -0.119. The maximum atomic E-state index is 12.5. The second kappa shape index (κ2) is 7.51. The summed E-state index contributed by atoms with van der Waals surface area (Å²) in [6, 6.07) is 13.2. The molecule has 0 saturated heterocycles. The van der Waals surface area contributed by atoms with Crippen LogP contribution in [0.5, 0.6) is 5.75 Å². The number of ether oxygens (including phenoxy) is 1. The molecule has 2 aromatic rings. The molecule has 130 valence electrons. The Morgan fingerprint density at radius 2 is 1.80 bits per heavy atom. The van der Waals surface area contributed by atoms with Crippen LogP contribution in [0.25, 0.3) is 0 Å². The van der Waals surface area contributed by atoms with Crippen LogP contribution in [0.4, 0.5) is 5.69 Å². The van der Waals surface area contributed by atoms with E-state index in [-0.39, 0.29) is 0 Å². The first-order valence-electron chi connectivity index (χ1n) is 8.80. The Morgan fingerprint density at radius 3 is 2.60 bits per heavy atom. The number of aryl methyl sites for hydroxylation is 1. The number of carbonyl (C=O) groups excluding carboxylic acids is 2. The zero-order valence-electron chi connectivity index (χ0n) is 14.7. The first kappa shape index (κ1) is 17.2. The molecule has 0 aromatic heterocycles. The number of hydrogen-bond acceptors (Lipinski definition) is 3. The monoisotopic (exact) mass is 337 g/mol. The lowest BCUT2D eigenvalue weighted by atomic mass is 10.1. The highest BCUT2D eigenvalue weighted by atomic mass is 16.5. The second-order valence-electron chi connectivity index (χ2n) is 6.35. The summed E-state index contributed by atoms with van der Waals surface area (Å²) in [4.78, 5) is 26.3. The van der Waals surface area contributed by atoms with Gasteiger partial charge >= 0.3 is 0 Å². The van der Waals surface area contributed by atoms with E-state index >= 15 is 0 Å². The summed E-state index contributed by atoms with van der Waals surface area (Å²) in [7, 11) is 0. The van der Waals surface area contributed by atoms with Crippen LogP contribution in [0.3, 0.4) is 0 Å². The molecule has 0 bridgehead atoms. The number of unbranched alkanes of at least 4 members (excludes halogenated alkanes) is 2. The number of para-hydroxylation sites is 2. The van der Waals surface area contributed by atoms with Gasteiger partial charge in [-0.3, -0.25) is 14.5 Å². The van der Waals surface area contributed by atoms with Gasteiger partial charge in [-0.05, 0) is 31.0 Å². The molecule has 0 saturated carbocycles. The van der Waals surface area contributed by atoms with E-state index in [1.54, 1.807) is 11.0 Å². The molecule has 3 rings (SSSR count). The molecule has 1 aliphatic rings. The first-order chi connectivity index (χ1) is 12.1. The quantitative estimate of drug-likeness (QED) is 0.559. The number of hydrogen-bond donors (Lipinski definition) is 0. The Balaban J connectivity index is 1.84. The minimum Gasteiger partial charge on any atom is -0.493 e. The Hall–Kier alpha value is -2.62. The lowest BCUT2D eigenvalue weighted by molar-refractivity contribution is -0.114. The number of Topliss-reactive ketones (excluding diaryl/α,β-unsaturated/α-hetero) is 1. The zero-order chi connectivity index (χ0) is 17.8. The third kappa shape index (κ3) is 3.43. The molecule has 1 aliphatic heterocycles. The van der Waals surface area contributed by atoms with Crippen LogP contribution in [0.1, 0.15) is 47.7 Å². The van der Waals surface area contributed by atoms with Gasteiger partial charge in [0.1, 0.15) is 5.75 Å². The van der Waals surface area contributed by atoms with Crippen LogP contribution >= 0.6 is 0 Å². The molecule has 2 aromatic carbocycles. The molecule has 0 N–H and O–H groups in total. The third-order valence-electron chi connectivity index (χ3n) is 4.50. The first-order valence-corrected chi connectivity index (χ1v) is 8.80. The average Bonchev–Trinajstić information content (AvgIpc) is 2.86. The van der Waals surface area contributed by atoms with Gasteiger partial charge in [0.25, 0.3) is 11.7 Å². The van der Waals surface area contributed by atoms with E-state index < -0.39 is 11.7 Å². The van der Waals surface area contributed by atoms with Crippen molar-refractivity contribution in [3.05, 3.63) is 59.2 Å². The van der Waals surface area contributed by atoms with Gasteiger partial charge in [-0.15, -0.1) is 0 Å². The van der Waals surface area contributed by atoms with Crippen molar-refractivity contribution in [3.63, 3.8) is 0 Å². The van der Waals surface area contributed by atoms with Crippen molar-refractivity contribution in [2.45, 2.75) is 39.7 Å². The van der Waals surface area contributed by atoms with Crippen molar-refractivity contribution >= 4 is 17.4 Å². The van der Waals surface area contributed by atoms with Gasteiger partial charge in [-0.25, -0.2) is 0 Å². The number of rotatable bonds is 7. The van der Waals surface area contributed by atoms with Crippen LogP contribution in [-0.4, -0.2) is 18.3 Å². The SMILES string of the molecule is CCCCCOc1ccccc1CN1C(=O)C(=O)c2cccc(C)c21. The molecular weight excluding hydrogens is 314 g/mol. The van der Waals surface area contributed by atoms with Crippen molar-refractivity contribution in [2.24, 2.45) is 0 Å². The molecule has 1 heterocycles. The fourth-order valence-corrected chi connectivity index (χ4v) is 3.17. The highest BCUT2D eigenvalue weighted by Crippen LogP contribution is 2.34. The topological polar surface area (TPSA) is 46.6 Å². The van der Waals surface area contributed by atoms with Gasteiger partial charge in [0, 0.05) is 5.56 Å². The van der Waals surface area contributed by atoms with E-state index in [0.717, 1.165) is 41.8 Å². The number of fused-ring (bicyclic) bond motifs is 1. The summed E-state index contributed by atoms with van der Waals surface area (Å²) in [6.07, 6.45) is 3.28. The van der Waals surface area contributed by atoms with E-state index in [1.165, 1.54) is 0 Å². The highest BCUT2D eigenvalue weighted by molar-refractivity contribution is 6.52. The minimum absolute atomic E-state index is 0.340. The van der Waals surface area contributed by atoms with E-state index in [0.29, 0.717) is 18.7 Å². The van der Waals surface area contributed by atoms with Crippen LogP contribution < -0.4 is 9.64 Å². The summed E-state index contributed by atoms with van der Waals surface area (Å²) in [6.45, 7) is 5.08.